The van der Waals surface area contributed by atoms with Crippen molar-refractivity contribution in [3.05, 3.63) is 35.4 Å². The molecule has 0 unspecified atom stereocenters. The molecule has 0 bridgehead atoms. The smallest absolute Gasteiger partial charge is 0.318 e. The molecule has 0 spiro atoms. The zero-order valence-corrected chi connectivity index (χ0v) is 9.12. The number of sulfone groups is 1. The number of hydrogen-bond acceptors (Lipinski definition) is 3. The molecule has 0 aliphatic carbocycles. The van der Waals surface area contributed by atoms with Crippen LogP contribution in [0.2, 0.25) is 0 Å². The highest BCUT2D eigenvalue weighted by Gasteiger charge is 2.16. The summed E-state index contributed by atoms with van der Waals surface area (Å²) >= 11 is 0. The molecule has 1 N–H and O–H groups in total. The minimum atomic E-state index is -3.55. The first-order valence-electron chi connectivity index (χ1n) is 4.37. The van der Waals surface area contributed by atoms with Gasteiger partial charge in [0, 0.05) is 0 Å². The van der Waals surface area contributed by atoms with Gasteiger partial charge >= 0.3 is 5.97 Å². The van der Waals surface area contributed by atoms with Crippen molar-refractivity contribution in [2.75, 3.05) is 5.75 Å². The molecule has 4 nitrogen and oxygen atoms in total. The van der Waals surface area contributed by atoms with Crippen molar-refractivity contribution in [3.63, 3.8) is 0 Å². The van der Waals surface area contributed by atoms with E-state index < -0.39 is 21.6 Å². The first-order chi connectivity index (χ1) is 6.89. The van der Waals surface area contributed by atoms with Crippen LogP contribution in [-0.2, 0) is 20.4 Å². The Balaban J connectivity index is 2.78. The minimum Gasteiger partial charge on any atom is -0.480 e. The molecule has 0 heterocycles. The van der Waals surface area contributed by atoms with Gasteiger partial charge in [-0.2, -0.15) is 0 Å². The highest BCUT2D eigenvalue weighted by molar-refractivity contribution is 7.91. The lowest BCUT2D eigenvalue weighted by atomic mass is 10.2. The van der Waals surface area contributed by atoms with Gasteiger partial charge in [-0.05, 0) is 12.5 Å². The van der Waals surface area contributed by atoms with Crippen molar-refractivity contribution in [1.29, 1.82) is 0 Å². The molecule has 15 heavy (non-hydrogen) atoms. The molecule has 0 atom stereocenters. The van der Waals surface area contributed by atoms with Gasteiger partial charge in [-0.15, -0.1) is 0 Å². The molecule has 82 valence electrons. The average Bonchev–Trinajstić information content (AvgIpc) is 2.06. The summed E-state index contributed by atoms with van der Waals surface area (Å²) in [4.78, 5) is 10.3. The Hall–Kier alpha value is -1.36. The summed E-state index contributed by atoms with van der Waals surface area (Å²) < 4.78 is 22.6. The zero-order chi connectivity index (χ0) is 11.5. The highest BCUT2D eigenvalue weighted by Crippen LogP contribution is 2.08. The molecular formula is C10H12O4S. The molecule has 0 amide bonds. The predicted molar refractivity (Wildman–Crippen MR) is 56.3 cm³/mol. The van der Waals surface area contributed by atoms with Crippen LogP contribution in [0.3, 0.4) is 0 Å². The van der Waals surface area contributed by atoms with Crippen LogP contribution in [0, 0.1) is 6.92 Å². The number of hydrogen-bond donors (Lipinski definition) is 1. The fourth-order valence-electron chi connectivity index (χ4n) is 1.18. The Morgan fingerprint density at radius 1 is 1.27 bits per heavy atom. The molecule has 1 rings (SSSR count). The Morgan fingerprint density at radius 3 is 2.27 bits per heavy atom. The molecule has 0 saturated heterocycles. The van der Waals surface area contributed by atoms with Gasteiger partial charge in [-0.1, -0.05) is 29.8 Å². The van der Waals surface area contributed by atoms with Crippen LogP contribution in [-0.4, -0.2) is 25.2 Å². The lowest BCUT2D eigenvalue weighted by Gasteiger charge is -2.02. The molecule has 0 aromatic heterocycles. The van der Waals surface area contributed by atoms with E-state index in [2.05, 4.69) is 0 Å². The van der Waals surface area contributed by atoms with Crippen LogP contribution in [0.1, 0.15) is 11.1 Å². The van der Waals surface area contributed by atoms with Crippen molar-refractivity contribution in [2.24, 2.45) is 0 Å². The number of benzene rings is 1. The van der Waals surface area contributed by atoms with Crippen LogP contribution in [0.4, 0.5) is 0 Å². The van der Waals surface area contributed by atoms with Gasteiger partial charge in [-0.3, -0.25) is 4.79 Å². The normalized spacial score (nSPS) is 11.3. The summed E-state index contributed by atoms with van der Waals surface area (Å²) in [6.07, 6.45) is 0. The lowest BCUT2D eigenvalue weighted by Crippen LogP contribution is -2.16. The maximum atomic E-state index is 11.3. The number of carboxylic acid groups (broad SMARTS) is 1. The lowest BCUT2D eigenvalue weighted by molar-refractivity contribution is -0.134. The quantitative estimate of drug-likeness (QED) is 0.834. The summed E-state index contributed by atoms with van der Waals surface area (Å²) in [7, 11) is -3.55. The van der Waals surface area contributed by atoms with Gasteiger partial charge < -0.3 is 5.11 Å². The SMILES string of the molecule is Cc1ccc(CS(=O)(=O)CC(=O)O)cc1. The number of aliphatic carboxylic acids is 1. The second-order valence-corrected chi connectivity index (χ2v) is 5.48. The summed E-state index contributed by atoms with van der Waals surface area (Å²) in [5.74, 6) is -2.36. The summed E-state index contributed by atoms with van der Waals surface area (Å²) in [5.41, 5.74) is 1.65. The molecule has 0 aliphatic heterocycles. The summed E-state index contributed by atoms with van der Waals surface area (Å²) in [5, 5.41) is 8.39. The predicted octanol–water partition coefficient (Wildman–Crippen LogP) is 0.994. The third-order valence-electron chi connectivity index (χ3n) is 1.85. The molecule has 1 aromatic carbocycles. The van der Waals surface area contributed by atoms with Crippen molar-refractivity contribution < 1.29 is 18.3 Å². The Labute approximate surface area is 88.5 Å². The minimum absolute atomic E-state index is 0.223. The van der Waals surface area contributed by atoms with Crippen LogP contribution >= 0.6 is 0 Å². The van der Waals surface area contributed by atoms with E-state index in [1.165, 1.54) is 0 Å². The molecule has 0 saturated carbocycles. The Kier molecular flexibility index (Phi) is 3.47. The zero-order valence-electron chi connectivity index (χ0n) is 8.30. The number of carboxylic acids is 1. The molecule has 0 aliphatic rings. The molecular weight excluding hydrogens is 216 g/mol. The van der Waals surface area contributed by atoms with Crippen LogP contribution in [0.15, 0.2) is 24.3 Å². The van der Waals surface area contributed by atoms with Gasteiger partial charge in [0.2, 0.25) is 0 Å². The van der Waals surface area contributed by atoms with Gasteiger partial charge in [0.05, 0.1) is 5.75 Å². The average molecular weight is 228 g/mol. The standard InChI is InChI=1S/C10H12O4S/c1-8-2-4-9(5-3-8)6-15(13,14)7-10(11)12/h2-5H,6-7H2,1H3,(H,11,12). The van der Waals surface area contributed by atoms with Gasteiger partial charge in [0.25, 0.3) is 0 Å². The second-order valence-electron chi connectivity index (χ2n) is 3.41. The molecule has 5 heteroatoms. The third-order valence-corrected chi connectivity index (χ3v) is 3.31. The van der Waals surface area contributed by atoms with E-state index in [0.29, 0.717) is 5.56 Å². The van der Waals surface area contributed by atoms with E-state index in [4.69, 9.17) is 5.11 Å². The van der Waals surface area contributed by atoms with Crippen LogP contribution in [0.25, 0.3) is 0 Å². The highest BCUT2D eigenvalue weighted by atomic mass is 32.2. The maximum absolute atomic E-state index is 11.3. The maximum Gasteiger partial charge on any atom is 0.318 e. The van der Waals surface area contributed by atoms with E-state index in [9.17, 15) is 13.2 Å². The summed E-state index contributed by atoms with van der Waals surface area (Å²) in [6, 6.07) is 6.97. The first-order valence-corrected chi connectivity index (χ1v) is 6.19. The Bertz CT molecular complexity index is 445. The molecule has 0 radical (unpaired) electrons. The number of rotatable bonds is 4. The van der Waals surface area contributed by atoms with E-state index in [1.807, 2.05) is 6.92 Å². The van der Waals surface area contributed by atoms with E-state index in [0.717, 1.165) is 5.56 Å². The second kappa shape index (κ2) is 4.44. The van der Waals surface area contributed by atoms with Gasteiger partial charge in [0.15, 0.2) is 9.84 Å². The fourth-order valence-corrected chi connectivity index (χ4v) is 2.36. The van der Waals surface area contributed by atoms with Crippen LogP contribution < -0.4 is 0 Å². The van der Waals surface area contributed by atoms with Crippen molar-refractivity contribution in [3.8, 4) is 0 Å². The molecule has 0 fully saturated rings. The Morgan fingerprint density at radius 2 is 1.80 bits per heavy atom. The fraction of sp³-hybridized carbons (Fsp3) is 0.300. The molecule has 1 aromatic rings. The van der Waals surface area contributed by atoms with Gasteiger partial charge in [0.1, 0.15) is 5.75 Å². The van der Waals surface area contributed by atoms with Crippen LogP contribution in [0.5, 0.6) is 0 Å². The monoisotopic (exact) mass is 228 g/mol. The summed E-state index contributed by atoms with van der Waals surface area (Å²) in [6.45, 7) is 1.90. The van der Waals surface area contributed by atoms with Crippen molar-refractivity contribution >= 4 is 15.8 Å². The number of carbonyl (C=O) groups is 1. The van der Waals surface area contributed by atoms with E-state index >= 15 is 0 Å². The van der Waals surface area contributed by atoms with E-state index in [-0.39, 0.29) is 5.75 Å². The largest absolute Gasteiger partial charge is 0.480 e. The first kappa shape index (κ1) is 11.7. The van der Waals surface area contributed by atoms with Gasteiger partial charge in [-0.25, -0.2) is 8.42 Å². The number of aryl methyl sites for hydroxylation is 1. The topological polar surface area (TPSA) is 71.4 Å². The van der Waals surface area contributed by atoms with Crippen molar-refractivity contribution in [1.82, 2.24) is 0 Å². The third kappa shape index (κ3) is 4.12. The van der Waals surface area contributed by atoms with Crippen molar-refractivity contribution in [2.45, 2.75) is 12.7 Å². The van der Waals surface area contributed by atoms with E-state index in [1.54, 1.807) is 24.3 Å².